The molecule has 0 heterocycles. The van der Waals surface area contributed by atoms with Crippen molar-refractivity contribution in [3.8, 4) is 0 Å². The maximum atomic E-state index is 11.6. The molecule has 0 aromatic rings. The van der Waals surface area contributed by atoms with Crippen LogP contribution in [0.3, 0.4) is 0 Å². The first kappa shape index (κ1) is 21.5. The average molecular weight is 358 g/mol. The van der Waals surface area contributed by atoms with Crippen LogP contribution < -0.4 is 22.5 Å². The summed E-state index contributed by atoms with van der Waals surface area (Å²) in [7, 11) is 0. The van der Waals surface area contributed by atoms with Gasteiger partial charge >= 0.3 is 12.2 Å². The zero-order chi connectivity index (χ0) is 18.3. The number of amides is 2. The minimum atomic E-state index is -0.718. The first-order valence-corrected chi connectivity index (χ1v) is 9.52. The number of hydrazine groups is 2. The Morgan fingerprint density at radius 3 is 1.16 bits per heavy atom. The van der Waals surface area contributed by atoms with Crippen LogP contribution in [0.5, 0.6) is 0 Å². The average Bonchev–Trinajstić information content (AvgIpc) is 2.63. The van der Waals surface area contributed by atoms with E-state index in [1.165, 1.54) is 44.9 Å². The Morgan fingerprint density at radius 1 is 0.600 bits per heavy atom. The third-order valence-electron chi connectivity index (χ3n) is 4.64. The molecule has 0 spiro atoms. The van der Waals surface area contributed by atoms with E-state index in [1.54, 1.807) is 0 Å². The molecule has 0 aliphatic heterocycles. The third kappa shape index (κ3) is 10.1. The Morgan fingerprint density at radius 2 is 0.880 bits per heavy atom. The van der Waals surface area contributed by atoms with Gasteiger partial charge in [-0.15, -0.1) is 0 Å². The molecule has 0 saturated heterocycles. The maximum Gasteiger partial charge on any atom is 0.421 e. The molecule has 8 nitrogen and oxygen atoms in total. The predicted octanol–water partition coefficient (Wildman–Crippen LogP) is 3.01. The minimum Gasteiger partial charge on any atom is -0.441 e. The molecule has 2 unspecified atom stereocenters. The summed E-state index contributed by atoms with van der Waals surface area (Å²) >= 11 is 0. The first-order valence-electron chi connectivity index (χ1n) is 9.52. The van der Waals surface area contributed by atoms with Gasteiger partial charge in [0, 0.05) is 0 Å². The van der Waals surface area contributed by atoms with Crippen LogP contribution in [0.2, 0.25) is 0 Å². The van der Waals surface area contributed by atoms with Gasteiger partial charge in [0.1, 0.15) is 12.2 Å². The van der Waals surface area contributed by atoms with E-state index in [-0.39, 0.29) is 0 Å². The minimum absolute atomic E-state index is 0.522. The van der Waals surface area contributed by atoms with Crippen molar-refractivity contribution in [2.45, 2.75) is 95.7 Å². The van der Waals surface area contributed by atoms with Crippen LogP contribution in [0.15, 0.2) is 0 Å². The van der Waals surface area contributed by atoms with Crippen molar-refractivity contribution in [2.24, 2.45) is 11.7 Å². The lowest BCUT2D eigenvalue weighted by molar-refractivity contribution is -0.0186. The van der Waals surface area contributed by atoms with E-state index in [9.17, 15) is 9.59 Å². The van der Waals surface area contributed by atoms with E-state index in [4.69, 9.17) is 21.2 Å². The van der Waals surface area contributed by atoms with Crippen molar-refractivity contribution in [3.63, 3.8) is 0 Å². The highest BCUT2D eigenvalue weighted by Gasteiger charge is 2.28. The van der Waals surface area contributed by atoms with Gasteiger partial charge in [0.2, 0.25) is 0 Å². The van der Waals surface area contributed by atoms with Gasteiger partial charge in [-0.1, -0.05) is 57.8 Å². The van der Waals surface area contributed by atoms with Gasteiger partial charge in [-0.3, -0.25) is 10.9 Å². The summed E-state index contributed by atoms with van der Waals surface area (Å²) in [5.74, 6) is 10.2. The van der Waals surface area contributed by atoms with Gasteiger partial charge in [0.05, 0.1) is 0 Å². The fourth-order valence-electron chi connectivity index (χ4n) is 3.27. The molecule has 0 bridgehead atoms. The van der Waals surface area contributed by atoms with E-state index in [0.29, 0.717) is 12.8 Å². The third-order valence-corrected chi connectivity index (χ3v) is 4.64. The van der Waals surface area contributed by atoms with Crippen molar-refractivity contribution in [2.75, 3.05) is 0 Å². The Balaban J connectivity index is 2.70. The number of nitrogens with one attached hydrogen (secondary N) is 2. The lowest BCUT2D eigenvalue weighted by Gasteiger charge is -2.26. The van der Waals surface area contributed by atoms with Gasteiger partial charge in [0.15, 0.2) is 0 Å². The molecule has 0 aromatic carbocycles. The van der Waals surface area contributed by atoms with Gasteiger partial charge in [-0.05, 0) is 25.7 Å². The summed E-state index contributed by atoms with van der Waals surface area (Å²) in [6, 6.07) is 0. The SMILES string of the molecule is NNC(=O)OC1CCCCCCCCCCCCCC1OC(=O)NN. The van der Waals surface area contributed by atoms with E-state index in [0.717, 1.165) is 25.7 Å². The number of carbonyl (C=O) groups excluding carboxylic acids is 2. The monoisotopic (exact) mass is 358 g/mol. The molecule has 1 saturated carbocycles. The van der Waals surface area contributed by atoms with Crippen LogP contribution in [0.4, 0.5) is 9.59 Å². The quantitative estimate of drug-likeness (QED) is 0.341. The molecular formula is C17H34N4O4. The summed E-state index contributed by atoms with van der Waals surface area (Å²) < 4.78 is 10.7. The predicted molar refractivity (Wildman–Crippen MR) is 95.2 cm³/mol. The molecule has 1 fully saturated rings. The second-order valence-corrected chi connectivity index (χ2v) is 6.64. The molecule has 1 aliphatic rings. The number of hydrogen-bond acceptors (Lipinski definition) is 6. The van der Waals surface area contributed by atoms with Crippen LogP contribution >= 0.6 is 0 Å². The molecule has 0 radical (unpaired) electrons. The second-order valence-electron chi connectivity index (χ2n) is 6.64. The number of hydrogen-bond donors (Lipinski definition) is 4. The van der Waals surface area contributed by atoms with E-state index >= 15 is 0 Å². The molecule has 6 N–H and O–H groups in total. The topological polar surface area (TPSA) is 129 Å². The number of ether oxygens (including phenoxy) is 2. The number of carbonyl (C=O) groups is 2. The fraction of sp³-hybridized carbons (Fsp3) is 0.882. The second kappa shape index (κ2) is 13.7. The molecule has 146 valence electrons. The largest absolute Gasteiger partial charge is 0.441 e. The van der Waals surface area contributed by atoms with Gasteiger partial charge < -0.3 is 9.47 Å². The molecule has 2 amide bonds. The molecular weight excluding hydrogens is 324 g/mol. The smallest absolute Gasteiger partial charge is 0.421 e. The van der Waals surface area contributed by atoms with Crippen LogP contribution in [-0.4, -0.2) is 24.4 Å². The first-order chi connectivity index (χ1) is 12.2. The Kier molecular flexibility index (Phi) is 11.8. The van der Waals surface area contributed by atoms with Gasteiger partial charge in [-0.2, -0.15) is 0 Å². The summed E-state index contributed by atoms with van der Waals surface area (Å²) in [6.07, 6.45) is 11.5. The van der Waals surface area contributed by atoms with Crippen molar-refractivity contribution < 1.29 is 19.1 Å². The normalized spacial score (nSPS) is 24.2. The molecule has 25 heavy (non-hydrogen) atoms. The molecule has 2 atom stereocenters. The highest BCUT2D eigenvalue weighted by Crippen LogP contribution is 2.21. The molecule has 8 heteroatoms. The highest BCUT2D eigenvalue weighted by atomic mass is 16.6. The van der Waals surface area contributed by atoms with E-state index in [1.807, 2.05) is 10.9 Å². The van der Waals surface area contributed by atoms with Crippen LogP contribution in [0, 0.1) is 0 Å². The van der Waals surface area contributed by atoms with Crippen LogP contribution in [0.1, 0.15) is 83.5 Å². The van der Waals surface area contributed by atoms with Gasteiger partial charge in [0.25, 0.3) is 0 Å². The lowest BCUT2D eigenvalue weighted by Crippen LogP contribution is -2.43. The molecule has 1 rings (SSSR count). The molecule has 0 aromatic heterocycles. The Bertz CT molecular complexity index is 348. The highest BCUT2D eigenvalue weighted by molar-refractivity contribution is 5.67. The van der Waals surface area contributed by atoms with Crippen LogP contribution in [0.25, 0.3) is 0 Å². The number of nitrogens with two attached hydrogens (primary N) is 2. The molecule has 1 aliphatic carbocycles. The Labute approximate surface area is 150 Å². The zero-order valence-corrected chi connectivity index (χ0v) is 15.1. The van der Waals surface area contributed by atoms with Crippen molar-refractivity contribution in [1.29, 1.82) is 0 Å². The zero-order valence-electron chi connectivity index (χ0n) is 15.1. The maximum absolute atomic E-state index is 11.6. The summed E-state index contributed by atoms with van der Waals surface area (Å²) in [5, 5.41) is 0. The van der Waals surface area contributed by atoms with Crippen molar-refractivity contribution in [1.82, 2.24) is 10.9 Å². The Hall–Kier alpha value is -1.54. The standard InChI is InChI=1S/C17H34N4O4/c18-20-16(22)24-14-12-10-8-6-4-2-1-3-5-7-9-11-13-15(14)25-17(23)21-19/h14-15H,1-13,18-19H2,(H,20,22)(H,21,23). The van der Waals surface area contributed by atoms with E-state index < -0.39 is 24.4 Å². The van der Waals surface area contributed by atoms with Crippen molar-refractivity contribution in [3.05, 3.63) is 0 Å². The number of rotatable bonds is 2. The summed E-state index contributed by atoms with van der Waals surface area (Å²) in [5.41, 5.74) is 3.94. The van der Waals surface area contributed by atoms with Gasteiger partial charge in [-0.25, -0.2) is 21.3 Å². The fourth-order valence-corrected chi connectivity index (χ4v) is 3.27. The van der Waals surface area contributed by atoms with Crippen LogP contribution in [-0.2, 0) is 9.47 Å². The van der Waals surface area contributed by atoms with E-state index in [2.05, 4.69) is 0 Å². The summed E-state index contributed by atoms with van der Waals surface area (Å²) in [4.78, 5) is 23.1. The summed E-state index contributed by atoms with van der Waals surface area (Å²) in [6.45, 7) is 0. The lowest BCUT2D eigenvalue weighted by atomic mass is 10.00. The van der Waals surface area contributed by atoms with Crippen molar-refractivity contribution >= 4 is 12.2 Å².